The van der Waals surface area contributed by atoms with Gasteiger partial charge < -0.3 is 15.1 Å². The Morgan fingerprint density at radius 2 is 1.90 bits per heavy atom. The Morgan fingerprint density at radius 1 is 1.10 bits per heavy atom. The quantitative estimate of drug-likeness (QED) is 0.492. The molecular formula is C23H23N5O3. The van der Waals surface area contributed by atoms with Gasteiger partial charge in [0.1, 0.15) is 5.76 Å². The van der Waals surface area contributed by atoms with Gasteiger partial charge in [-0.3, -0.25) is 9.59 Å². The van der Waals surface area contributed by atoms with Crippen molar-refractivity contribution in [2.75, 3.05) is 5.32 Å². The van der Waals surface area contributed by atoms with Gasteiger partial charge in [-0.05, 0) is 51.1 Å². The van der Waals surface area contributed by atoms with Crippen LogP contribution < -0.4 is 10.6 Å². The lowest BCUT2D eigenvalue weighted by Crippen LogP contribution is -2.25. The summed E-state index contributed by atoms with van der Waals surface area (Å²) in [5, 5.41) is 10.8. The van der Waals surface area contributed by atoms with Crippen LogP contribution in [0.5, 0.6) is 0 Å². The molecular weight excluding hydrogens is 394 g/mol. The summed E-state index contributed by atoms with van der Waals surface area (Å²) in [5.74, 6) is -0.00176. The van der Waals surface area contributed by atoms with Gasteiger partial charge in [0.15, 0.2) is 5.65 Å². The topological polar surface area (TPSA) is 102 Å². The van der Waals surface area contributed by atoms with Crippen LogP contribution in [-0.4, -0.2) is 26.6 Å². The normalized spacial score (nSPS) is 11.1. The summed E-state index contributed by atoms with van der Waals surface area (Å²) in [6, 6.07) is 12.3. The minimum atomic E-state index is -0.338. The summed E-state index contributed by atoms with van der Waals surface area (Å²) in [5.41, 5.74) is 2.54. The van der Waals surface area contributed by atoms with E-state index in [-0.39, 0.29) is 24.4 Å². The molecule has 4 aromatic rings. The third-order valence-corrected chi connectivity index (χ3v) is 4.92. The molecule has 3 aromatic heterocycles. The van der Waals surface area contributed by atoms with Crippen LogP contribution in [-0.2, 0) is 6.54 Å². The molecule has 8 nitrogen and oxygen atoms in total. The van der Waals surface area contributed by atoms with Crippen LogP contribution in [0.25, 0.3) is 11.0 Å². The molecule has 0 unspecified atom stereocenters. The number of aromatic nitrogens is 3. The molecule has 31 heavy (non-hydrogen) atoms. The molecule has 0 fully saturated rings. The van der Waals surface area contributed by atoms with E-state index in [0.717, 1.165) is 11.0 Å². The molecule has 0 atom stereocenters. The maximum Gasteiger partial charge on any atom is 0.257 e. The number of nitrogens with one attached hydrogen (secondary N) is 2. The van der Waals surface area contributed by atoms with Crippen molar-refractivity contribution in [1.29, 1.82) is 0 Å². The molecule has 8 heteroatoms. The molecule has 158 valence electrons. The predicted octanol–water partition coefficient (Wildman–Crippen LogP) is 4.10. The largest absolute Gasteiger partial charge is 0.467 e. The van der Waals surface area contributed by atoms with Crippen LogP contribution in [0.2, 0.25) is 0 Å². The first-order valence-corrected chi connectivity index (χ1v) is 10.00. The molecule has 0 bridgehead atoms. The van der Waals surface area contributed by atoms with E-state index in [1.807, 2.05) is 18.5 Å². The first kappa shape index (κ1) is 20.3. The first-order chi connectivity index (χ1) is 14.9. The number of anilines is 1. The fourth-order valence-electron chi connectivity index (χ4n) is 3.33. The van der Waals surface area contributed by atoms with Gasteiger partial charge in [-0.2, -0.15) is 5.10 Å². The number of pyridine rings is 1. The van der Waals surface area contributed by atoms with Crippen LogP contribution >= 0.6 is 0 Å². The van der Waals surface area contributed by atoms with Gasteiger partial charge in [0.2, 0.25) is 0 Å². The van der Waals surface area contributed by atoms with Crippen molar-refractivity contribution in [3.8, 4) is 0 Å². The number of benzene rings is 1. The number of hydrogen-bond acceptors (Lipinski definition) is 5. The lowest BCUT2D eigenvalue weighted by Gasteiger charge is -2.12. The van der Waals surface area contributed by atoms with E-state index in [9.17, 15) is 9.59 Å². The second kappa shape index (κ2) is 8.43. The Labute approximate surface area is 179 Å². The van der Waals surface area contributed by atoms with E-state index in [1.165, 1.54) is 0 Å². The van der Waals surface area contributed by atoms with Gasteiger partial charge in [-0.15, -0.1) is 0 Å². The van der Waals surface area contributed by atoms with Gasteiger partial charge in [-0.25, -0.2) is 9.67 Å². The number of furan rings is 1. The first-order valence-electron chi connectivity index (χ1n) is 10.00. The summed E-state index contributed by atoms with van der Waals surface area (Å²) in [4.78, 5) is 30.3. The number of carbonyl (C=O) groups excluding carboxylic acids is 2. The average Bonchev–Trinajstić information content (AvgIpc) is 3.41. The van der Waals surface area contributed by atoms with E-state index in [1.54, 1.807) is 61.8 Å². The van der Waals surface area contributed by atoms with E-state index in [4.69, 9.17) is 4.42 Å². The zero-order chi connectivity index (χ0) is 22.0. The standard InChI is InChI=1S/C23H23N5O3/c1-14(2)28-21-16(12-25-28)11-19(15(3)26-21)23(30)27-20-9-5-4-8-18(20)22(29)24-13-17-7-6-10-31-17/h4-12,14H,13H2,1-3H3,(H,24,29)(H,27,30). The summed E-state index contributed by atoms with van der Waals surface area (Å²) >= 11 is 0. The van der Waals surface area contributed by atoms with E-state index in [2.05, 4.69) is 20.7 Å². The summed E-state index contributed by atoms with van der Waals surface area (Å²) in [6.45, 7) is 6.09. The Hall–Kier alpha value is -3.94. The summed E-state index contributed by atoms with van der Waals surface area (Å²) in [7, 11) is 0. The second-order valence-corrected chi connectivity index (χ2v) is 7.48. The van der Waals surface area contributed by atoms with Crippen LogP contribution in [0.1, 0.15) is 52.1 Å². The summed E-state index contributed by atoms with van der Waals surface area (Å²) < 4.78 is 7.06. The maximum absolute atomic E-state index is 13.0. The van der Waals surface area contributed by atoms with Gasteiger partial charge in [0.25, 0.3) is 11.8 Å². The number of fused-ring (bicyclic) bond motifs is 1. The molecule has 2 N–H and O–H groups in total. The van der Waals surface area contributed by atoms with E-state index < -0.39 is 0 Å². The Balaban J connectivity index is 1.56. The van der Waals surface area contributed by atoms with Crippen LogP contribution in [0, 0.1) is 6.92 Å². The zero-order valence-electron chi connectivity index (χ0n) is 17.5. The van der Waals surface area contributed by atoms with E-state index in [0.29, 0.717) is 28.3 Å². The van der Waals surface area contributed by atoms with Crippen molar-refractivity contribution in [2.45, 2.75) is 33.4 Å². The number of rotatable bonds is 6. The molecule has 3 heterocycles. The van der Waals surface area contributed by atoms with Crippen molar-refractivity contribution in [2.24, 2.45) is 0 Å². The van der Waals surface area contributed by atoms with Crippen molar-refractivity contribution < 1.29 is 14.0 Å². The molecule has 0 saturated heterocycles. The number of hydrogen-bond donors (Lipinski definition) is 2. The van der Waals surface area contributed by atoms with Crippen LogP contribution in [0.4, 0.5) is 5.69 Å². The molecule has 1 aromatic carbocycles. The molecule has 0 aliphatic carbocycles. The Morgan fingerprint density at radius 3 is 2.65 bits per heavy atom. The lowest BCUT2D eigenvalue weighted by molar-refractivity contribution is 0.0949. The molecule has 2 amide bonds. The minimum absolute atomic E-state index is 0.163. The molecule has 0 saturated carbocycles. The smallest absolute Gasteiger partial charge is 0.257 e. The monoisotopic (exact) mass is 417 g/mol. The highest BCUT2D eigenvalue weighted by Gasteiger charge is 2.18. The highest BCUT2D eigenvalue weighted by Crippen LogP contribution is 2.21. The highest BCUT2D eigenvalue weighted by molar-refractivity contribution is 6.10. The van der Waals surface area contributed by atoms with Crippen molar-refractivity contribution in [3.63, 3.8) is 0 Å². The fraction of sp³-hybridized carbons (Fsp3) is 0.217. The third kappa shape index (κ3) is 4.18. The Kier molecular flexibility index (Phi) is 5.53. The molecule has 0 spiro atoms. The van der Waals surface area contributed by atoms with Crippen LogP contribution in [0.15, 0.2) is 59.3 Å². The molecule has 4 rings (SSSR count). The number of nitrogens with zero attached hydrogens (tertiary/aromatic N) is 3. The number of amides is 2. The fourth-order valence-corrected chi connectivity index (χ4v) is 3.33. The number of para-hydroxylation sites is 1. The van der Waals surface area contributed by atoms with Crippen LogP contribution in [0.3, 0.4) is 0 Å². The molecule has 0 aliphatic heterocycles. The Bertz CT molecular complexity index is 1240. The van der Waals surface area contributed by atoms with Crippen molar-refractivity contribution in [1.82, 2.24) is 20.1 Å². The maximum atomic E-state index is 13.0. The van der Waals surface area contributed by atoms with Crippen molar-refractivity contribution >= 4 is 28.5 Å². The molecule has 0 radical (unpaired) electrons. The van der Waals surface area contributed by atoms with Gasteiger partial charge in [0, 0.05) is 11.4 Å². The minimum Gasteiger partial charge on any atom is -0.467 e. The predicted molar refractivity (Wildman–Crippen MR) is 117 cm³/mol. The van der Waals surface area contributed by atoms with Crippen molar-refractivity contribution in [3.05, 3.63) is 77.5 Å². The third-order valence-electron chi connectivity index (χ3n) is 4.92. The number of carbonyl (C=O) groups is 2. The number of aryl methyl sites for hydroxylation is 1. The molecule has 0 aliphatic rings. The van der Waals surface area contributed by atoms with Gasteiger partial charge in [-0.1, -0.05) is 12.1 Å². The van der Waals surface area contributed by atoms with Gasteiger partial charge in [0.05, 0.1) is 41.5 Å². The highest BCUT2D eigenvalue weighted by atomic mass is 16.3. The SMILES string of the molecule is Cc1nc2c(cnn2C(C)C)cc1C(=O)Nc1ccccc1C(=O)NCc1ccco1. The van der Waals surface area contributed by atoms with E-state index >= 15 is 0 Å². The average molecular weight is 417 g/mol. The van der Waals surface area contributed by atoms with Gasteiger partial charge >= 0.3 is 0 Å². The second-order valence-electron chi connectivity index (χ2n) is 7.48. The summed E-state index contributed by atoms with van der Waals surface area (Å²) in [6.07, 6.45) is 3.25. The zero-order valence-corrected chi connectivity index (χ0v) is 17.5. The lowest BCUT2D eigenvalue weighted by atomic mass is 10.1.